The number of rotatable bonds is 7. The van der Waals surface area contributed by atoms with Crippen molar-refractivity contribution in [1.82, 2.24) is 0 Å². The van der Waals surface area contributed by atoms with Gasteiger partial charge in [0.05, 0.1) is 11.4 Å². The predicted octanol–water partition coefficient (Wildman–Crippen LogP) is 3.41. The van der Waals surface area contributed by atoms with Crippen LogP contribution in [0.4, 0.5) is 21.9 Å². The molecule has 0 saturated heterocycles. The standard InChI is InChI=1S/C24H22N4O5/c1-24(21(25)30,22(31)26-17-7-3-2-4-8-17)16-13-11-15(12-14-16)20(29)27-18-9-5-6-10-19(18)28-23(32)33/h2-14,28H,1H3,(H2,25,30)(H,26,31)(H,27,29)(H,32,33). The third-order valence-electron chi connectivity index (χ3n) is 5.12. The molecule has 3 rings (SSSR count). The lowest BCUT2D eigenvalue weighted by atomic mass is 9.80. The van der Waals surface area contributed by atoms with Gasteiger partial charge in [0.1, 0.15) is 5.41 Å². The Balaban J connectivity index is 1.81. The highest BCUT2D eigenvalue weighted by molar-refractivity contribution is 6.15. The Morgan fingerprint density at radius 3 is 1.85 bits per heavy atom. The normalized spacial score (nSPS) is 12.2. The van der Waals surface area contributed by atoms with E-state index in [1.165, 1.54) is 37.3 Å². The van der Waals surface area contributed by atoms with E-state index in [1.807, 2.05) is 0 Å². The van der Waals surface area contributed by atoms with Crippen LogP contribution in [-0.4, -0.2) is 28.9 Å². The van der Waals surface area contributed by atoms with Gasteiger partial charge in [0.2, 0.25) is 11.8 Å². The van der Waals surface area contributed by atoms with Gasteiger partial charge in [-0.3, -0.25) is 19.7 Å². The van der Waals surface area contributed by atoms with E-state index in [1.54, 1.807) is 48.5 Å². The zero-order valence-corrected chi connectivity index (χ0v) is 17.7. The maximum atomic E-state index is 12.9. The molecule has 0 aliphatic rings. The number of carbonyl (C=O) groups is 4. The Hall–Kier alpha value is -4.66. The first-order valence-corrected chi connectivity index (χ1v) is 9.89. The number of benzene rings is 3. The van der Waals surface area contributed by atoms with Gasteiger partial charge in [0.25, 0.3) is 5.91 Å². The molecule has 0 radical (unpaired) electrons. The molecular formula is C24H22N4O5. The summed E-state index contributed by atoms with van der Waals surface area (Å²) in [4.78, 5) is 48.8. The van der Waals surface area contributed by atoms with E-state index >= 15 is 0 Å². The molecule has 0 spiro atoms. The number of carboxylic acid groups (broad SMARTS) is 1. The first kappa shape index (κ1) is 23.0. The van der Waals surface area contributed by atoms with Crippen LogP contribution in [0.2, 0.25) is 0 Å². The van der Waals surface area contributed by atoms with Crippen LogP contribution < -0.4 is 21.7 Å². The average Bonchev–Trinajstić information content (AvgIpc) is 2.80. The minimum atomic E-state index is -1.68. The molecule has 9 heteroatoms. The van der Waals surface area contributed by atoms with Gasteiger partial charge in [0, 0.05) is 11.3 Å². The van der Waals surface area contributed by atoms with Gasteiger partial charge in [-0.2, -0.15) is 0 Å². The topological polar surface area (TPSA) is 151 Å². The van der Waals surface area contributed by atoms with E-state index in [0.717, 1.165) is 0 Å². The quantitative estimate of drug-likeness (QED) is 0.352. The molecule has 0 heterocycles. The third-order valence-corrected chi connectivity index (χ3v) is 5.12. The van der Waals surface area contributed by atoms with Crippen molar-refractivity contribution in [2.24, 2.45) is 5.73 Å². The lowest BCUT2D eigenvalue weighted by Gasteiger charge is -2.25. The summed E-state index contributed by atoms with van der Waals surface area (Å²) in [7, 11) is 0. The second-order valence-electron chi connectivity index (χ2n) is 7.32. The van der Waals surface area contributed by atoms with Crippen LogP contribution in [0.25, 0.3) is 0 Å². The van der Waals surface area contributed by atoms with Gasteiger partial charge in [-0.1, -0.05) is 42.5 Å². The largest absolute Gasteiger partial charge is 0.465 e. The number of carbonyl (C=O) groups excluding carboxylic acids is 3. The van der Waals surface area contributed by atoms with Crippen LogP contribution in [0.15, 0.2) is 78.9 Å². The summed E-state index contributed by atoms with van der Waals surface area (Å²) >= 11 is 0. The zero-order valence-electron chi connectivity index (χ0n) is 17.7. The van der Waals surface area contributed by atoms with Crippen molar-refractivity contribution in [2.45, 2.75) is 12.3 Å². The average molecular weight is 446 g/mol. The summed E-state index contributed by atoms with van der Waals surface area (Å²) in [6.45, 7) is 1.41. The van der Waals surface area contributed by atoms with Crippen LogP contribution in [0, 0.1) is 0 Å². The number of primary amides is 1. The van der Waals surface area contributed by atoms with Crippen LogP contribution in [0.3, 0.4) is 0 Å². The number of amides is 4. The molecule has 6 N–H and O–H groups in total. The second kappa shape index (κ2) is 9.65. The summed E-state index contributed by atoms with van der Waals surface area (Å²) in [5, 5.41) is 16.5. The van der Waals surface area contributed by atoms with E-state index in [4.69, 9.17) is 10.8 Å². The monoisotopic (exact) mass is 446 g/mol. The van der Waals surface area contributed by atoms with Crippen LogP contribution in [0.5, 0.6) is 0 Å². The molecule has 9 nitrogen and oxygen atoms in total. The highest BCUT2D eigenvalue weighted by atomic mass is 16.4. The van der Waals surface area contributed by atoms with Gasteiger partial charge >= 0.3 is 6.09 Å². The SMILES string of the molecule is CC(C(N)=O)(C(=O)Nc1ccccc1)c1ccc(C(=O)Nc2ccccc2NC(=O)O)cc1. The van der Waals surface area contributed by atoms with Gasteiger partial charge in [-0.25, -0.2) is 4.79 Å². The summed E-state index contributed by atoms with van der Waals surface area (Å²) in [5.41, 5.74) is 5.46. The molecule has 1 unspecified atom stereocenters. The van der Waals surface area contributed by atoms with Gasteiger partial charge in [-0.15, -0.1) is 0 Å². The summed E-state index contributed by atoms with van der Waals surface area (Å²) in [6.07, 6.45) is -1.26. The molecule has 3 aromatic rings. The molecular weight excluding hydrogens is 424 g/mol. The Morgan fingerprint density at radius 2 is 1.30 bits per heavy atom. The smallest absolute Gasteiger partial charge is 0.409 e. The number of anilines is 3. The fourth-order valence-corrected chi connectivity index (χ4v) is 3.13. The summed E-state index contributed by atoms with van der Waals surface area (Å²) in [5.74, 6) is -1.95. The molecule has 0 fully saturated rings. The van der Waals surface area contributed by atoms with Crippen molar-refractivity contribution >= 4 is 40.9 Å². The van der Waals surface area contributed by atoms with Crippen molar-refractivity contribution in [3.8, 4) is 0 Å². The van der Waals surface area contributed by atoms with E-state index < -0.39 is 29.2 Å². The molecule has 0 bridgehead atoms. The highest BCUT2D eigenvalue weighted by Gasteiger charge is 2.41. The van der Waals surface area contributed by atoms with E-state index in [2.05, 4.69) is 16.0 Å². The number of hydrogen-bond acceptors (Lipinski definition) is 4. The number of nitrogens with one attached hydrogen (secondary N) is 3. The van der Waals surface area contributed by atoms with Gasteiger partial charge in [0.15, 0.2) is 0 Å². The maximum absolute atomic E-state index is 12.9. The Bertz CT molecular complexity index is 1190. The number of para-hydroxylation sites is 3. The fourth-order valence-electron chi connectivity index (χ4n) is 3.13. The van der Waals surface area contributed by atoms with E-state index in [0.29, 0.717) is 11.3 Å². The first-order chi connectivity index (χ1) is 15.7. The highest BCUT2D eigenvalue weighted by Crippen LogP contribution is 2.27. The van der Waals surface area contributed by atoms with Crippen LogP contribution in [-0.2, 0) is 15.0 Å². The molecule has 168 valence electrons. The number of nitrogens with two attached hydrogens (primary N) is 1. The molecule has 33 heavy (non-hydrogen) atoms. The minimum absolute atomic E-state index is 0.217. The van der Waals surface area contributed by atoms with Crippen LogP contribution >= 0.6 is 0 Å². The lowest BCUT2D eigenvalue weighted by Crippen LogP contribution is -2.48. The Kier molecular flexibility index (Phi) is 6.73. The van der Waals surface area contributed by atoms with Crippen molar-refractivity contribution in [2.75, 3.05) is 16.0 Å². The maximum Gasteiger partial charge on any atom is 0.409 e. The fraction of sp³-hybridized carbons (Fsp3) is 0.0833. The third kappa shape index (κ3) is 5.16. The number of hydrogen-bond donors (Lipinski definition) is 5. The van der Waals surface area contributed by atoms with Crippen molar-refractivity contribution < 1.29 is 24.3 Å². The van der Waals surface area contributed by atoms with Gasteiger partial charge < -0.3 is 21.5 Å². The minimum Gasteiger partial charge on any atom is -0.465 e. The van der Waals surface area contributed by atoms with Gasteiger partial charge in [-0.05, 0) is 48.9 Å². The first-order valence-electron chi connectivity index (χ1n) is 9.89. The molecule has 0 aliphatic heterocycles. The lowest BCUT2D eigenvalue weighted by molar-refractivity contribution is -0.132. The molecule has 1 atom stereocenters. The Labute approximate surface area is 189 Å². The zero-order chi connectivity index (χ0) is 24.0. The van der Waals surface area contributed by atoms with Crippen molar-refractivity contribution in [3.05, 3.63) is 90.0 Å². The summed E-state index contributed by atoms with van der Waals surface area (Å²) < 4.78 is 0. The Morgan fingerprint density at radius 1 is 0.758 bits per heavy atom. The van der Waals surface area contributed by atoms with E-state index in [9.17, 15) is 19.2 Å². The predicted molar refractivity (Wildman–Crippen MR) is 124 cm³/mol. The molecule has 3 aromatic carbocycles. The van der Waals surface area contributed by atoms with Crippen molar-refractivity contribution in [1.29, 1.82) is 0 Å². The molecule has 0 aliphatic carbocycles. The molecule has 4 amide bonds. The molecule has 0 aromatic heterocycles. The van der Waals surface area contributed by atoms with E-state index in [-0.39, 0.29) is 16.9 Å². The van der Waals surface area contributed by atoms with Crippen molar-refractivity contribution in [3.63, 3.8) is 0 Å². The second-order valence-corrected chi connectivity index (χ2v) is 7.32. The van der Waals surface area contributed by atoms with Crippen LogP contribution in [0.1, 0.15) is 22.8 Å². The molecule has 0 saturated carbocycles. The summed E-state index contributed by atoms with van der Waals surface area (Å²) in [6, 6.07) is 20.9.